The molecule has 0 unspecified atom stereocenters. The van der Waals surface area contributed by atoms with E-state index < -0.39 is 0 Å². The average Bonchev–Trinajstić information content (AvgIpc) is 3.12. The number of aromatic nitrogens is 2. The Bertz CT molecular complexity index is 899. The Balaban J connectivity index is 0.00000261. The molecule has 0 atom stereocenters. The Morgan fingerprint density at radius 2 is 1.78 bits per heavy atom. The minimum Gasteiger partial charge on any atom is -0.352 e. The molecule has 142 valence electrons. The van der Waals surface area contributed by atoms with Crippen molar-refractivity contribution in [3.8, 4) is 11.4 Å². The van der Waals surface area contributed by atoms with Crippen molar-refractivity contribution in [2.75, 3.05) is 7.05 Å². The fourth-order valence-electron chi connectivity index (χ4n) is 2.24. The molecule has 2 N–H and O–H groups in total. The summed E-state index contributed by atoms with van der Waals surface area (Å²) in [6.45, 7) is 0.975. The Kier molecular flexibility index (Phi) is 8.33. The van der Waals surface area contributed by atoms with E-state index in [2.05, 4.69) is 25.8 Å². The van der Waals surface area contributed by atoms with Crippen LogP contribution in [0, 0.1) is 0 Å². The Morgan fingerprint density at radius 3 is 2.48 bits per heavy atom. The van der Waals surface area contributed by atoms with E-state index in [1.54, 1.807) is 19.2 Å². The standard InChI is InChI=1S/C18H17Cl2N5O.HI/c1-21-18(22-10-12-5-7-14(19)8-6-12)23-11-16-24-17(25-26-16)13-3-2-4-15(20)9-13;/h2-9H,10-11H2,1H3,(H2,21,22,23);1H. The molecule has 3 aromatic rings. The molecule has 6 nitrogen and oxygen atoms in total. The summed E-state index contributed by atoms with van der Waals surface area (Å²) < 4.78 is 5.27. The SMILES string of the molecule is CN=C(NCc1ccc(Cl)cc1)NCc1nc(-c2cccc(Cl)c2)no1.I. The first kappa shape index (κ1) is 21.5. The van der Waals surface area contributed by atoms with Gasteiger partial charge in [0.2, 0.25) is 11.7 Å². The van der Waals surface area contributed by atoms with E-state index in [-0.39, 0.29) is 24.0 Å². The normalized spacial score (nSPS) is 11.0. The van der Waals surface area contributed by atoms with Gasteiger partial charge in [0.15, 0.2) is 5.96 Å². The molecule has 0 aliphatic rings. The lowest BCUT2D eigenvalue weighted by atomic mass is 10.2. The first-order valence-electron chi connectivity index (χ1n) is 7.91. The maximum absolute atomic E-state index is 5.99. The number of hydrogen-bond acceptors (Lipinski definition) is 4. The molecule has 0 radical (unpaired) electrons. The van der Waals surface area contributed by atoms with Crippen LogP contribution in [0.4, 0.5) is 0 Å². The molecule has 0 amide bonds. The number of halogens is 3. The van der Waals surface area contributed by atoms with Gasteiger partial charge in [-0.15, -0.1) is 24.0 Å². The molecule has 0 aliphatic carbocycles. The number of aliphatic imine (C=N–C) groups is 1. The quantitative estimate of drug-likeness (QED) is 0.295. The van der Waals surface area contributed by atoms with Gasteiger partial charge in [-0.3, -0.25) is 4.99 Å². The third-order valence-corrected chi connectivity index (χ3v) is 4.04. The van der Waals surface area contributed by atoms with Crippen LogP contribution in [0.2, 0.25) is 10.0 Å². The van der Waals surface area contributed by atoms with E-state index in [0.717, 1.165) is 11.1 Å². The van der Waals surface area contributed by atoms with E-state index >= 15 is 0 Å². The van der Waals surface area contributed by atoms with Gasteiger partial charge in [0, 0.05) is 29.2 Å². The number of rotatable bonds is 5. The molecule has 0 saturated carbocycles. The zero-order valence-electron chi connectivity index (χ0n) is 14.4. The largest absolute Gasteiger partial charge is 0.352 e. The van der Waals surface area contributed by atoms with Crippen LogP contribution in [0.1, 0.15) is 11.5 Å². The lowest BCUT2D eigenvalue weighted by Gasteiger charge is -2.10. The van der Waals surface area contributed by atoms with Gasteiger partial charge in [0.25, 0.3) is 0 Å². The predicted molar refractivity (Wildman–Crippen MR) is 119 cm³/mol. The topological polar surface area (TPSA) is 75.3 Å². The molecule has 1 heterocycles. The molecule has 0 saturated heterocycles. The minimum absolute atomic E-state index is 0. The third-order valence-electron chi connectivity index (χ3n) is 3.55. The zero-order valence-corrected chi connectivity index (χ0v) is 18.3. The smallest absolute Gasteiger partial charge is 0.246 e. The fraction of sp³-hybridized carbons (Fsp3) is 0.167. The Morgan fingerprint density at radius 1 is 1.04 bits per heavy atom. The van der Waals surface area contributed by atoms with Gasteiger partial charge in [-0.1, -0.05) is 52.6 Å². The number of nitrogens with one attached hydrogen (secondary N) is 2. The molecule has 0 aliphatic heterocycles. The molecule has 27 heavy (non-hydrogen) atoms. The summed E-state index contributed by atoms with van der Waals surface area (Å²) in [5.41, 5.74) is 1.90. The highest BCUT2D eigenvalue weighted by atomic mass is 127. The van der Waals surface area contributed by atoms with Crippen LogP contribution in [-0.4, -0.2) is 23.1 Å². The summed E-state index contributed by atoms with van der Waals surface area (Å²) in [5, 5.41) is 11.7. The van der Waals surface area contributed by atoms with Crippen LogP contribution < -0.4 is 10.6 Å². The molecule has 9 heteroatoms. The van der Waals surface area contributed by atoms with E-state index in [4.69, 9.17) is 27.7 Å². The van der Waals surface area contributed by atoms with Gasteiger partial charge >= 0.3 is 0 Å². The fourth-order valence-corrected chi connectivity index (χ4v) is 2.56. The first-order chi connectivity index (χ1) is 12.6. The summed E-state index contributed by atoms with van der Waals surface area (Å²) in [6.07, 6.45) is 0. The second kappa shape index (κ2) is 10.5. The molecular formula is C18H18Cl2IN5O. The zero-order chi connectivity index (χ0) is 18.4. The summed E-state index contributed by atoms with van der Waals surface area (Å²) in [4.78, 5) is 8.53. The summed E-state index contributed by atoms with van der Waals surface area (Å²) in [5.74, 6) is 1.57. The maximum Gasteiger partial charge on any atom is 0.246 e. The van der Waals surface area contributed by atoms with Crippen molar-refractivity contribution in [1.29, 1.82) is 0 Å². The third kappa shape index (κ3) is 6.37. The van der Waals surface area contributed by atoms with Gasteiger partial charge < -0.3 is 15.2 Å². The average molecular weight is 518 g/mol. The summed E-state index contributed by atoms with van der Waals surface area (Å²) in [7, 11) is 1.70. The van der Waals surface area contributed by atoms with Crippen molar-refractivity contribution in [3.05, 3.63) is 70.0 Å². The highest BCUT2D eigenvalue weighted by molar-refractivity contribution is 14.0. The Labute approximate surface area is 184 Å². The van der Waals surface area contributed by atoms with E-state index in [1.807, 2.05) is 36.4 Å². The molecule has 0 fully saturated rings. The maximum atomic E-state index is 5.99. The highest BCUT2D eigenvalue weighted by Gasteiger charge is 2.09. The minimum atomic E-state index is 0. The number of guanidine groups is 1. The molecule has 2 aromatic carbocycles. The van der Waals surface area contributed by atoms with Gasteiger partial charge in [-0.05, 0) is 29.8 Å². The molecule has 0 spiro atoms. The van der Waals surface area contributed by atoms with Gasteiger partial charge in [-0.2, -0.15) is 4.98 Å². The van der Waals surface area contributed by atoms with Crippen molar-refractivity contribution in [3.63, 3.8) is 0 Å². The van der Waals surface area contributed by atoms with Crippen LogP contribution in [-0.2, 0) is 13.1 Å². The van der Waals surface area contributed by atoms with Crippen LogP contribution in [0.3, 0.4) is 0 Å². The first-order valence-corrected chi connectivity index (χ1v) is 8.67. The van der Waals surface area contributed by atoms with Crippen molar-refractivity contribution in [2.45, 2.75) is 13.1 Å². The molecule has 3 rings (SSSR count). The number of benzene rings is 2. The van der Waals surface area contributed by atoms with Crippen molar-refractivity contribution in [1.82, 2.24) is 20.8 Å². The lowest BCUT2D eigenvalue weighted by Crippen LogP contribution is -2.36. The molecule has 1 aromatic heterocycles. The van der Waals surface area contributed by atoms with E-state index in [9.17, 15) is 0 Å². The van der Waals surface area contributed by atoms with E-state index in [1.165, 1.54) is 0 Å². The van der Waals surface area contributed by atoms with Crippen molar-refractivity contribution in [2.24, 2.45) is 4.99 Å². The van der Waals surface area contributed by atoms with Gasteiger partial charge in [0.1, 0.15) is 0 Å². The summed E-state index contributed by atoms with van der Waals surface area (Å²) in [6, 6.07) is 14.9. The number of nitrogens with zero attached hydrogens (tertiary/aromatic N) is 3. The monoisotopic (exact) mass is 517 g/mol. The van der Waals surface area contributed by atoms with Crippen molar-refractivity contribution >= 4 is 53.1 Å². The second-order valence-corrected chi connectivity index (χ2v) is 6.30. The molecular weight excluding hydrogens is 500 g/mol. The Hall–Kier alpha value is -1.84. The van der Waals surface area contributed by atoms with Gasteiger partial charge in [0.05, 0.1) is 6.54 Å². The summed E-state index contributed by atoms with van der Waals surface area (Å²) >= 11 is 11.9. The number of hydrogen-bond donors (Lipinski definition) is 2. The van der Waals surface area contributed by atoms with Crippen LogP contribution >= 0.6 is 47.2 Å². The van der Waals surface area contributed by atoms with Crippen LogP contribution in [0.15, 0.2) is 58.0 Å². The van der Waals surface area contributed by atoms with Gasteiger partial charge in [-0.25, -0.2) is 0 Å². The van der Waals surface area contributed by atoms with Crippen molar-refractivity contribution < 1.29 is 4.52 Å². The van der Waals surface area contributed by atoms with Crippen LogP contribution in [0.5, 0.6) is 0 Å². The lowest BCUT2D eigenvalue weighted by molar-refractivity contribution is 0.375. The predicted octanol–water partition coefficient (Wildman–Crippen LogP) is 4.53. The van der Waals surface area contributed by atoms with E-state index in [0.29, 0.717) is 40.8 Å². The van der Waals surface area contributed by atoms with Crippen LogP contribution in [0.25, 0.3) is 11.4 Å². The second-order valence-electron chi connectivity index (χ2n) is 5.43. The molecule has 0 bridgehead atoms. The highest BCUT2D eigenvalue weighted by Crippen LogP contribution is 2.19.